The molecule has 0 spiro atoms. The summed E-state index contributed by atoms with van der Waals surface area (Å²) in [5.41, 5.74) is 6.02. The Balaban J connectivity index is 2.66. The number of carbonyl (C=O) groups is 1. The van der Waals surface area contributed by atoms with Gasteiger partial charge in [0.2, 0.25) is 0 Å². The molecule has 0 fully saturated rings. The topological polar surface area (TPSA) is 91.8 Å². The van der Waals surface area contributed by atoms with Gasteiger partial charge in [0.05, 0.1) is 0 Å². The van der Waals surface area contributed by atoms with E-state index in [-0.39, 0.29) is 17.7 Å². The first-order chi connectivity index (χ1) is 8.06. The lowest BCUT2D eigenvalue weighted by molar-refractivity contribution is 0.0786. The molecule has 0 saturated heterocycles. The molecule has 0 aromatic carbocycles. The van der Waals surface area contributed by atoms with Crippen molar-refractivity contribution in [2.45, 2.75) is 6.92 Å². The molecule has 0 radical (unpaired) electrons. The fourth-order valence-electron chi connectivity index (χ4n) is 1.40. The van der Waals surface area contributed by atoms with E-state index < -0.39 is 0 Å². The van der Waals surface area contributed by atoms with E-state index in [9.17, 15) is 4.79 Å². The second-order valence-corrected chi connectivity index (χ2v) is 3.85. The molecule has 3 N–H and O–H groups in total. The molecule has 1 aromatic heterocycles. The maximum Gasteiger partial charge on any atom is 0.253 e. The van der Waals surface area contributed by atoms with E-state index in [0.29, 0.717) is 12.1 Å². The molecule has 92 valence electrons. The molecule has 0 aliphatic carbocycles. The van der Waals surface area contributed by atoms with E-state index in [1.54, 1.807) is 38.5 Å². The molecular formula is C11H16N4O2. The molecule has 1 aromatic rings. The summed E-state index contributed by atoms with van der Waals surface area (Å²) in [6.45, 7) is 2.17. The first kappa shape index (κ1) is 13.0. The standard InChI is InChI=1S/C11H16N4O2/c1-8(10(12)14-17)7-15(2)11(16)9-3-5-13-6-4-9/h3-6,8,17H,7H2,1-2H3,(H2,12,14). The van der Waals surface area contributed by atoms with Crippen molar-refractivity contribution >= 4 is 11.7 Å². The van der Waals surface area contributed by atoms with Crippen LogP contribution in [-0.2, 0) is 0 Å². The third-order valence-corrected chi connectivity index (χ3v) is 2.44. The number of rotatable bonds is 4. The van der Waals surface area contributed by atoms with Crippen LogP contribution in [0.1, 0.15) is 17.3 Å². The molecule has 6 nitrogen and oxygen atoms in total. The van der Waals surface area contributed by atoms with Crippen LogP contribution < -0.4 is 5.73 Å². The highest BCUT2D eigenvalue weighted by atomic mass is 16.4. The van der Waals surface area contributed by atoms with Gasteiger partial charge in [-0.25, -0.2) is 0 Å². The van der Waals surface area contributed by atoms with E-state index in [1.807, 2.05) is 0 Å². The summed E-state index contributed by atoms with van der Waals surface area (Å²) in [6.07, 6.45) is 3.13. The van der Waals surface area contributed by atoms with Gasteiger partial charge >= 0.3 is 0 Å². The number of hydrogen-bond donors (Lipinski definition) is 2. The van der Waals surface area contributed by atoms with Gasteiger partial charge in [0.15, 0.2) is 0 Å². The summed E-state index contributed by atoms with van der Waals surface area (Å²) in [7, 11) is 1.67. The molecule has 0 saturated carbocycles. The highest BCUT2D eigenvalue weighted by Gasteiger charge is 2.16. The average molecular weight is 236 g/mol. The van der Waals surface area contributed by atoms with Gasteiger partial charge in [0.1, 0.15) is 5.84 Å². The molecule has 1 rings (SSSR count). The number of amides is 1. The molecule has 1 heterocycles. The number of oxime groups is 1. The molecule has 1 unspecified atom stereocenters. The van der Waals surface area contributed by atoms with E-state index in [0.717, 1.165) is 0 Å². The lowest BCUT2D eigenvalue weighted by atomic mass is 10.1. The Morgan fingerprint density at radius 2 is 2.18 bits per heavy atom. The van der Waals surface area contributed by atoms with Crippen molar-refractivity contribution in [1.29, 1.82) is 0 Å². The van der Waals surface area contributed by atoms with Crippen LogP contribution in [0.5, 0.6) is 0 Å². The van der Waals surface area contributed by atoms with Crippen LogP contribution in [0, 0.1) is 5.92 Å². The molecule has 0 aliphatic rings. The Labute approximate surface area is 99.7 Å². The van der Waals surface area contributed by atoms with E-state index in [4.69, 9.17) is 10.9 Å². The zero-order valence-electron chi connectivity index (χ0n) is 9.87. The zero-order chi connectivity index (χ0) is 12.8. The Bertz CT molecular complexity index is 405. The molecule has 17 heavy (non-hydrogen) atoms. The molecule has 1 atom stereocenters. The maximum absolute atomic E-state index is 11.9. The summed E-state index contributed by atoms with van der Waals surface area (Å²) in [5, 5.41) is 11.4. The quantitative estimate of drug-likeness (QED) is 0.345. The molecule has 0 bridgehead atoms. The minimum Gasteiger partial charge on any atom is -0.409 e. The fourth-order valence-corrected chi connectivity index (χ4v) is 1.40. The van der Waals surface area contributed by atoms with Gasteiger partial charge in [-0.3, -0.25) is 9.78 Å². The Morgan fingerprint density at radius 3 is 2.71 bits per heavy atom. The summed E-state index contributed by atoms with van der Waals surface area (Å²) in [5.74, 6) is -0.208. The van der Waals surface area contributed by atoms with Gasteiger partial charge in [-0.2, -0.15) is 0 Å². The summed E-state index contributed by atoms with van der Waals surface area (Å²) < 4.78 is 0. The second kappa shape index (κ2) is 5.83. The minimum absolute atomic E-state index is 0.111. The highest BCUT2D eigenvalue weighted by Crippen LogP contribution is 2.05. The third kappa shape index (κ3) is 3.44. The van der Waals surface area contributed by atoms with Crippen LogP contribution in [0.2, 0.25) is 0 Å². The SMILES string of the molecule is CC(CN(C)C(=O)c1ccncc1)/C(N)=N/O. The molecule has 1 amide bonds. The van der Waals surface area contributed by atoms with Crippen molar-refractivity contribution < 1.29 is 10.0 Å². The van der Waals surface area contributed by atoms with Crippen molar-refractivity contribution in [3.8, 4) is 0 Å². The zero-order valence-corrected chi connectivity index (χ0v) is 9.87. The van der Waals surface area contributed by atoms with Crippen molar-refractivity contribution in [1.82, 2.24) is 9.88 Å². The van der Waals surface area contributed by atoms with Gasteiger partial charge in [-0.1, -0.05) is 12.1 Å². The van der Waals surface area contributed by atoms with Crippen molar-refractivity contribution in [2.24, 2.45) is 16.8 Å². The first-order valence-corrected chi connectivity index (χ1v) is 5.19. The Morgan fingerprint density at radius 1 is 1.59 bits per heavy atom. The van der Waals surface area contributed by atoms with E-state index in [1.165, 1.54) is 4.90 Å². The van der Waals surface area contributed by atoms with Crippen LogP contribution in [0.15, 0.2) is 29.7 Å². The predicted molar refractivity (Wildman–Crippen MR) is 63.8 cm³/mol. The Kier molecular flexibility index (Phi) is 4.45. The third-order valence-electron chi connectivity index (χ3n) is 2.44. The monoisotopic (exact) mass is 236 g/mol. The van der Waals surface area contributed by atoms with Gasteiger partial charge in [-0.15, -0.1) is 0 Å². The van der Waals surface area contributed by atoms with Crippen LogP contribution in [0.4, 0.5) is 0 Å². The molecular weight excluding hydrogens is 220 g/mol. The number of carbonyl (C=O) groups excluding carboxylic acids is 1. The largest absolute Gasteiger partial charge is 0.409 e. The van der Waals surface area contributed by atoms with Gasteiger partial charge < -0.3 is 15.8 Å². The number of amidine groups is 1. The van der Waals surface area contributed by atoms with E-state index >= 15 is 0 Å². The summed E-state index contributed by atoms with van der Waals surface area (Å²) in [6, 6.07) is 3.29. The van der Waals surface area contributed by atoms with Crippen LogP contribution in [0.25, 0.3) is 0 Å². The molecule has 6 heteroatoms. The summed E-state index contributed by atoms with van der Waals surface area (Å²) >= 11 is 0. The van der Waals surface area contributed by atoms with Crippen molar-refractivity contribution in [2.75, 3.05) is 13.6 Å². The number of hydrogen-bond acceptors (Lipinski definition) is 4. The Hall–Kier alpha value is -2.11. The number of aromatic nitrogens is 1. The van der Waals surface area contributed by atoms with E-state index in [2.05, 4.69) is 10.1 Å². The highest BCUT2D eigenvalue weighted by molar-refractivity contribution is 5.94. The number of nitrogens with zero attached hydrogens (tertiary/aromatic N) is 3. The maximum atomic E-state index is 11.9. The van der Waals surface area contributed by atoms with Gasteiger partial charge in [0, 0.05) is 37.5 Å². The first-order valence-electron chi connectivity index (χ1n) is 5.19. The fraction of sp³-hybridized carbons (Fsp3) is 0.364. The number of nitrogens with two attached hydrogens (primary N) is 1. The van der Waals surface area contributed by atoms with Crippen LogP contribution in [0.3, 0.4) is 0 Å². The summed E-state index contributed by atoms with van der Waals surface area (Å²) in [4.78, 5) is 17.3. The van der Waals surface area contributed by atoms with Gasteiger partial charge in [0.25, 0.3) is 5.91 Å². The van der Waals surface area contributed by atoms with Crippen molar-refractivity contribution in [3.05, 3.63) is 30.1 Å². The van der Waals surface area contributed by atoms with Gasteiger partial charge in [-0.05, 0) is 12.1 Å². The number of pyridine rings is 1. The normalized spacial score (nSPS) is 13.2. The van der Waals surface area contributed by atoms with Crippen LogP contribution >= 0.6 is 0 Å². The smallest absolute Gasteiger partial charge is 0.253 e. The minimum atomic E-state index is -0.198. The lowest BCUT2D eigenvalue weighted by Crippen LogP contribution is -2.36. The average Bonchev–Trinajstić information content (AvgIpc) is 2.37. The lowest BCUT2D eigenvalue weighted by Gasteiger charge is -2.20. The van der Waals surface area contributed by atoms with Crippen LogP contribution in [-0.4, -0.2) is 40.4 Å². The van der Waals surface area contributed by atoms with Crippen molar-refractivity contribution in [3.63, 3.8) is 0 Å². The molecule has 0 aliphatic heterocycles. The second-order valence-electron chi connectivity index (χ2n) is 3.85. The predicted octanol–water partition coefficient (Wildman–Crippen LogP) is 0.536.